The van der Waals surface area contributed by atoms with Gasteiger partial charge >= 0.3 is 0 Å². The van der Waals surface area contributed by atoms with Crippen molar-refractivity contribution in [1.82, 2.24) is 9.44 Å². The van der Waals surface area contributed by atoms with Crippen molar-refractivity contribution in [3.8, 4) is 5.75 Å². The number of hydrogen-bond acceptors (Lipinski definition) is 5. The van der Waals surface area contributed by atoms with E-state index < -0.39 is 35.7 Å². The van der Waals surface area contributed by atoms with E-state index in [1.165, 1.54) is 7.11 Å². The van der Waals surface area contributed by atoms with Crippen molar-refractivity contribution in [3.63, 3.8) is 0 Å². The van der Waals surface area contributed by atoms with E-state index in [-0.39, 0.29) is 30.7 Å². The average molecular weight is 397 g/mol. The Labute approximate surface area is 149 Å². The van der Waals surface area contributed by atoms with E-state index in [0.29, 0.717) is 0 Å². The van der Waals surface area contributed by atoms with Crippen molar-refractivity contribution < 1.29 is 26.0 Å². The Hall–Kier alpha value is -1.23. The van der Waals surface area contributed by atoms with Crippen molar-refractivity contribution in [2.24, 2.45) is 11.8 Å². The highest BCUT2D eigenvalue weighted by Gasteiger charge is 2.27. The molecule has 1 rings (SSSR count). The largest absolute Gasteiger partial charge is 0.495 e. The number of benzene rings is 1. The van der Waals surface area contributed by atoms with Crippen LogP contribution in [-0.2, 0) is 20.0 Å². The summed E-state index contributed by atoms with van der Waals surface area (Å²) < 4.78 is 73.2. The highest BCUT2D eigenvalue weighted by molar-refractivity contribution is 7.90. The molecular formula is C15H25FN2O5S2. The second-order valence-corrected chi connectivity index (χ2v) is 9.90. The second kappa shape index (κ2) is 8.43. The van der Waals surface area contributed by atoms with Gasteiger partial charge in [-0.05, 0) is 17.9 Å². The molecular weight excluding hydrogens is 371 g/mol. The smallest absolute Gasteiger partial charge is 0.244 e. The summed E-state index contributed by atoms with van der Waals surface area (Å²) in [6.45, 7) is 7.46. The van der Waals surface area contributed by atoms with Crippen LogP contribution in [0.3, 0.4) is 0 Å². The van der Waals surface area contributed by atoms with E-state index in [4.69, 9.17) is 4.74 Å². The van der Waals surface area contributed by atoms with E-state index in [1.807, 2.05) is 13.8 Å². The normalized spacial score (nSPS) is 12.8. The maximum atomic E-state index is 14.2. The maximum absolute atomic E-state index is 14.2. The zero-order valence-electron chi connectivity index (χ0n) is 15.0. The first-order chi connectivity index (χ1) is 11.4. The van der Waals surface area contributed by atoms with Crippen LogP contribution in [0.2, 0.25) is 0 Å². The van der Waals surface area contributed by atoms with Gasteiger partial charge in [0.15, 0.2) is 0 Å². The van der Waals surface area contributed by atoms with E-state index >= 15 is 0 Å². The average Bonchev–Trinajstić information content (AvgIpc) is 2.50. The summed E-state index contributed by atoms with van der Waals surface area (Å²) >= 11 is 0. The predicted octanol–water partition coefficient (Wildman–Crippen LogP) is 1.70. The minimum atomic E-state index is -4.20. The van der Waals surface area contributed by atoms with Crippen LogP contribution in [0, 0.1) is 17.7 Å². The number of halogens is 1. The molecule has 0 unspecified atom stereocenters. The van der Waals surface area contributed by atoms with Crippen LogP contribution in [0.15, 0.2) is 21.9 Å². The molecule has 0 saturated carbocycles. The molecule has 0 amide bonds. The lowest BCUT2D eigenvalue weighted by molar-refractivity contribution is 0.396. The van der Waals surface area contributed by atoms with Gasteiger partial charge in [0.05, 0.1) is 7.11 Å². The molecule has 2 N–H and O–H groups in total. The summed E-state index contributed by atoms with van der Waals surface area (Å²) in [6.07, 6.45) is 0. The lowest BCUT2D eigenvalue weighted by atomic mass is 10.2. The molecule has 0 radical (unpaired) electrons. The highest BCUT2D eigenvalue weighted by Crippen LogP contribution is 2.29. The van der Waals surface area contributed by atoms with Crippen molar-refractivity contribution in [1.29, 1.82) is 0 Å². The zero-order chi connectivity index (χ0) is 19.4. The second-order valence-electron chi connectivity index (χ2n) is 6.42. The Balaban J connectivity index is 3.41. The molecule has 0 heterocycles. The lowest BCUT2D eigenvalue weighted by Gasteiger charge is -2.15. The number of methoxy groups -OCH3 is 1. The van der Waals surface area contributed by atoms with Gasteiger partial charge in [0.2, 0.25) is 20.0 Å². The Morgan fingerprint density at radius 2 is 1.36 bits per heavy atom. The van der Waals surface area contributed by atoms with Crippen molar-refractivity contribution in [2.75, 3.05) is 20.2 Å². The Bertz CT molecular complexity index is 805. The predicted molar refractivity (Wildman–Crippen MR) is 93.0 cm³/mol. The van der Waals surface area contributed by atoms with Crippen LogP contribution < -0.4 is 14.2 Å². The van der Waals surface area contributed by atoms with Crippen molar-refractivity contribution >= 4 is 20.0 Å². The Morgan fingerprint density at radius 3 is 1.76 bits per heavy atom. The van der Waals surface area contributed by atoms with Crippen LogP contribution in [0.25, 0.3) is 0 Å². The van der Waals surface area contributed by atoms with Gasteiger partial charge in [-0.25, -0.2) is 30.7 Å². The number of hydrogen-bond donors (Lipinski definition) is 2. The number of rotatable bonds is 9. The van der Waals surface area contributed by atoms with Gasteiger partial charge in [0, 0.05) is 19.2 Å². The standard InChI is InChI=1S/C15H25FN2O5S2/c1-10(2)8-17-24(19,20)14-7-15(13(23-5)6-12(14)16)25(21,22)18-9-11(3)4/h6-7,10-11,17-18H,8-9H2,1-5H3. The third-order valence-corrected chi connectivity index (χ3v) is 6.04. The minimum Gasteiger partial charge on any atom is -0.495 e. The molecule has 7 nitrogen and oxygen atoms in total. The number of sulfonamides is 2. The topological polar surface area (TPSA) is 102 Å². The van der Waals surface area contributed by atoms with Crippen LogP contribution in [0.4, 0.5) is 4.39 Å². The molecule has 1 aromatic rings. The molecule has 0 aliphatic rings. The first-order valence-corrected chi connectivity index (χ1v) is 10.7. The SMILES string of the molecule is COc1cc(F)c(S(=O)(=O)NCC(C)C)cc1S(=O)(=O)NCC(C)C. The quantitative estimate of drug-likeness (QED) is 0.662. The van der Waals surface area contributed by atoms with E-state index in [1.54, 1.807) is 13.8 Å². The zero-order valence-corrected chi connectivity index (χ0v) is 16.6. The first kappa shape index (κ1) is 21.8. The third kappa shape index (κ3) is 5.91. The molecule has 0 fully saturated rings. The van der Waals surface area contributed by atoms with Crippen LogP contribution in [0.1, 0.15) is 27.7 Å². The molecule has 0 atom stereocenters. The van der Waals surface area contributed by atoms with E-state index in [2.05, 4.69) is 9.44 Å². The molecule has 0 aromatic heterocycles. The Kier molecular flexibility index (Phi) is 7.36. The number of ether oxygens (including phenoxy) is 1. The molecule has 0 aliphatic heterocycles. The minimum absolute atomic E-state index is 0.00648. The molecule has 10 heteroatoms. The molecule has 144 valence electrons. The van der Waals surface area contributed by atoms with Gasteiger partial charge < -0.3 is 4.74 Å². The third-order valence-electron chi connectivity index (χ3n) is 3.16. The van der Waals surface area contributed by atoms with Gasteiger partial charge in [-0.1, -0.05) is 27.7 Å². The molecule has 0 bridgehead atoms. The fraction of sp³-hybridized carbons (Fsp3) is 0.600. The van der Waals surface area contributed by atoms with Gasteiger partial charge in [-0.2, -0.15) is 0 Å². The summed E-state index contributed by atoms with van der Waals surface area (Å²) in [5.74, 6) is -1.31. The van der Waals surface area contributed by atoms with Gasteiger partial charge in [-0.15, -0.1) is 0 Å². The van der Waals surface area contributed by atoms with Crippen LogP contribution >= 0.6 is 0 Å². The fourth-order valence-electron chi connectivity index (χ4n) is 1.80. The van der Waals surface area contributed by atoms with Crippen LogP contribution in [-0.4, -0.2) is 37.0 Å². The summed E-state index contributed by atoms with van der Waals surface area (Å²) in [5, 5.41) is 0. The van der Waals surface area contributed by atoms with E-state index in [9.17, 15) is 21.2 Å². The summed E-state index contributed by atoms with van der Waals surface area (Å²) in [5.41, 5.74) is 0. The molecule has 0 aliphatic carbocycles. The summed E-state index contributed by atoms with van der Waals surface area (Å²) in [7, 11) is -7.08. The summed E-state index contributed by atoms with van der Waals surface area (Å²) in [4.78, 5) is -1.17. The lowest BCUT2D eigenvalue weighted by Crippen LogP contribution is -2.30. The van der Waals surface area contributed by atoms with Gasteiger partial charge in [0.25, 0.3) is 0 Å². The monoisotopic (exact) mass is 396 g/mol. The molecule has 25 heavy (non-hydrogen) atoms. The first-order valence-electron chi connectivity index (χ1n) is 7.77. The van der Waals surface area contributed by atoms with Gasteiger partial charge in [0.1, 0.15) is 21.4 Å². The van der Waals surface area contributed by atoms with E-state index in [0.717, 1.165) is 12.1 Å². The van der Waals surface area contributed by atoms with Gasteiger partial charge in [-0.3, -0.25) is 0 Å². The Morgan fingerprint density at radius 1 is 0.920 bits per heavy atom. The maximum Gasteiger partial charge on any atom is 0.244 e. The van der Waals surface area contributed by atoms with Crippen molar-refractivity contribution in [3.05, 3.63) is 17.9 Å². The number of nitrogens with one attached hydrogen (secondary N) is 2. The van der Waals surface area contributed by atoms with Crippen LogP contribution in [0.5, 0.6) is 5.75 Å². The molecule has 1 aromatic carbocycles. The molecule has 0 spiro atoms. The van der Waals surface area contributed by atoms with Crippen molar-refractivity contribution in [2.45, 2.75) is 37.5 Å². The summed E-state index contributed by atoms with van der Waals surface area (Å²) in [6, 6.07) is 1.54. The highest BCUT2D eigenvalue weighted by atomic mass is 32.2. The molecule has 0 saturated heterocycles. The fourth-order valence-corrected chi connectivity index (χ4v) is 4.56.